The monoisotopic (exact) mass is 338 g/mol. The van der Waals surface area contributed by atoms with Gasteiger partial charge in [-0.3, -0.25) is 9.59 Å². The van der Waals surface area contributed by atoms with E-state index in [4.69, 9.17) is 4.74 Å². The van der Waals surface area contributed by atoms with Crippen LogP contribution in [0, 0.1) is 0 Å². The molecule has 0 radical (unpaired) electrons. The van der Waals surface area contributed by atoms with Crippen LogP contribution in [0.2, 0.25) is 0 Å². The van der Waals surface area contributed by atoms with Crippen molar-refractivity contribution in [3.63, 3.8) is 0 Å². The average molecular weight is 338 g/mol. The van der Waals surface area contributed by atoms with E-state index in [1.165, 1.54) is 11.7 Å². The summed E-state index contributed by atoms with van der Waals surface area (Å²) in [7, 11) is 1.52. The van der Waals surface area contributed by atoms with Crippen LogP contribution in [-0.4, -0.2) is 22.7 Å². The van der Waals surface area contributed by atoms with Crippen molar-refractivity contribution in [2.24, 2.45) is 0 Å². The topological polar surface area (TPSA) is 80.6 Å². The second kappa shape index (κ2) is 6.68. The molecule has 2 N–H and O–H groups in total. The number of methoxy groups -OCH3 is 1. The second-order valence-corrected chi connectivity index (χ2v) is 5.48. The molecule has 1 aromatic heterocycles. The number of amides is 1. The van der Waals surface area contributed by atoms with Gasteiger partial charge < -0.3 is 19.7 Å². The first-order valence-electron chi connectivity index (χ1n) is 7.86. The largest absolute Gasteiger partial charge is 0.506 e. The van der Waals surface area contributed by atoms with Crippen LogP contribution in [0.3, 0.4) is 0 Å². The number of aryl methyl sites for hydroxylation is 1. The van der Waals surface area contributed by atoms with E-state index in [1.807, 2.05) is 6.92 Å². The molecule has 1 heterocycles. The number of benzene rings is 2. The molecule has 6 nitrogen and oxygen atoms in total. The number of carbonyl (C=O) groups is 1. The number of ether oxygens (including phenoxy) is 1. The quantitative estimate of drug-likeness (QED) is 0.766. The van der Waals surface area contributed by atoms with Crippen molar-refractivity contribution in [1.82, 2.24) is 4.57 Å². The number of pyridine rings is 1. The number of nitrogens with zero attached hydrogens (tertiary/aromatic N) is 1. The molecule has 3 rings (SSSR count). The first-order chi connectivity index (χ1) is 12.1. The molecule has 0 spiro atoms. The lowest BCUT2D eigenvalue weighted by molar-refractivity contribution is 0.102. The molecule has 6 heteroatoms. The van der Waals surface area contributed by atoms with Crippen LogP contribution in [0.15, 0.2) is 53.3 Å². The van der Waals surface area contributed by atoms with Crippen molar-refractivity contribution >= 4 is 22.5 Å². The number of carbonyl (C=O) groups excluding carboxylic acids is 1. The maximum absolute atomic E-state index is 12.7. The molecule has 3 aromatic rings. The number of nitrogens with one attached hydrogen (secondary N) is 1. The Morgan fingerprint density at radius 1 is 1.20 bits per heavy atom. The Hall–Kier alpha value is -3.28. The smallest absolute Gasteiger partial charge is 0.267 e. The van der Waals surface area contributed by atoms with Crippen molar-refractivity contribution in [3.8, 4) is 11.5 Å². The zero-order chi connectivity index (χ0) is 18.0. The molecule has 0 bridgehead atoms. The standard InChI is InChI=1S/C19H18N2O4/c1-3-21-15-10-5-4-9-14(15)17(22)16(19(21)24)18(23)20-12-7-6-8-13(11-12)25-2/h4-11,22H,3H2,1-2H3,(H,20,23). The number of aromatic hydroxyl groups is 1. The van der Waals surface area contributed by atoms with Crippen LogP contribution >= 0.6 is 0 Å². The number of fused-ring (bicyclic) bond motifs is 1. The van der Waals surface area contributed by atoms with Gasteiger partial charge in [0.05, 0.1) is 12.6 Å². The Balaban J connectivity index is 2.11. The molecule has 0 saturated carbocycles. The van der Waals surface area contributed by atoms with Crippen molar-refractivity contribution in [2.75, 3.05) is 12.4 Å². The highest BCUT2D eigenvalue weighted by molar-refractivity contribution is 6.09. The normalized spacial score (nSPS) is 10.6. The second-order valence-electron chi connectivity index (χ2n) is 5.48. The van der Waals surface area contributed by atoms with E-state index in [-0.39, 0.29) is 11.3 Å². The summed E-state index contributed by atoms with van der Waals surface area (Å²) in [4.78, 5) is 25.3. The molecule has 25 heavy (non-hydrogen) atoms. The van der Waals surface area contributed by atoms with Gasteiger partial charge in [0.2, 0.25) is 0 Å². The van der Waals surface area contributed by atoms with Crippen molar-refractivity contribution < 1.29 is 14.6 Å². The molecule has 0 unspecified atom stereocenters. The minimum absolute atomic E-state index is 0.275. The van der Waals surface area contributed by atoms with Crippen molar-refractivity contribution in [3.05, 3.63) is 64.4 Å². The van der Waals surface area contributed by atoms with Crippen LogP contribution in [0.25, 0.3) is 10.9 Å². The molecule has 2 aromatic carbocycles. The van der Waals surface area contributed by atoms with Crippen molar-refractivity contribution in [1.29, 1.82) is 0 Å². The highest BCUT2D eigenvalue weighted by Crippen LogP contribution is 2.27. The summed E-state index contributed by atoms with van der Waals surface area (Å²) in [5.74, 6) is -0.402. The fourth-order valence-electron chi connectivity index (χ4n) is 2.80. The molecule has 0 aliphatic carbocycles. The van der Waals surface area contributed by atoms with Crippen LogP contribution < -0.4 is 15.6 Å². The lowest BCUT2D eigenvalue weighted by atomic mass is 10.1. The maximum Gasteiger partial charge on any atom is 0.267 e. The average Bonchev–Trinajstić information content (AvgIpc) is 2.62. The summed E-state index contributed by atoms with van der Waals surface area (Å²) >= 11 is 0. The minimum Gasteiger partial charge on any atom is -0.506 e. The first-order valence-corrected chi connectivity index (χ1v) is 7.86. The van der Waals surface area contributed by atoms with Gasteiger partial charge in [0, 0.05) is 23.7 Å². The fourth-order valence-corrected chi connectivity index (χ4v) is 2.80. The van der Waals surface area contributed by atoms with E-state index in [1.54, 1.807) is 48.5 Å². The van der Waals surface area contributed by atoms with E-state index >= 15 is 0 Å². The zero-order valence-electron chi connectivity index (χ0n) is 13.9. The third-order valence-corrected chi connectivity index (χ3v) is 4.02. The van der Waals surface area contributed by atoms with Crippen LogP contribution in [-0.2, 0) is 6.54 Å². The van der Waals surface area contributed by atoms with Gasteiger partial charge in [-0.25, -0.2) is 0 Å². The van der Waals surface area contributed by atoms with Crippen LogP contribution in [0.4, 0.5) is 5.69 Å². The molecular weight excluding hydrogens is 320 g/mol. The maximum atomic E-state index is 12.7. The summed E-state index contributed by atoms with van der Waals surface area (Å²) < 4.78 is 6.59. The van der Waals surface area contributed by atoms with Gasteiger partial charge >= 0.3 is 0 Å². The van der Waals surface area contributed by atoms with Gasteiger partial charge in [0.15, 0.2) is 0 Å². The zero-order valence-corrected chi connectivity index (χ0v) is 13.9. The molecule has 0 aliphatic rings. The summed E-state index contributed by atoms with van der Waals surface area (Å²) in [6.07, 6.45) is 0. The number of hydrogen-bond donors (Lipinski definition) is 2. The number of anilines is 1. The van der Waals surface area contributed by atoms with E-state index in [9.17, 15) is 14.7 Å². The summed E-state index contributed by atoms with van der Waals surface area (Å²) in [5, 5.41) is 13.6. The Kier molecular flexibility index (Phi) is 4.43. The molecule has 0 aliphatic heterocycles. The van der Waals surface area contributed by atoms with Gasteiger partial charge in [-0.15, -0.1) is 0 Å². The molecule has 1 amide bonds. The van der Waals surface area contributed by atoms with Crippen LogP contribution in [0.1, 0.15) is 17.3 Å². The summed E-state index contributed by atoms with van der Waals surface area (Å²) in [6.45, 7) is 2.20. The minimum atomic E-state index is -0.663. The van der Waals surface area contributed by atoms with E-state index < -0.39 is 11.5 Å². The molecule has 0 atom stereocenters. The molecular formula is C19H18N2O4. The molecule has 0 saturated heterocycles. The lowest BCUT2D eigenvalue weighted by Crippen LogP contribution is -2.29. The van der Waals surface area contributed by atoms with Gasteiger partial charge in [-0.05, 0) is 31.2 Å². The predicted molar refractivity (Wildman–Crippen MR) is 96.5 cm³/mol. The van der Waals surface area contributed by atoms with E-state index in [2.05, 4.69) is 5.32 Å². The third kappa shape index (κ3) is 2.94. The third-order valence-electron chi connectivity index (χ3n) is 4.02. The number of para-hydroxylation sites is 1. The lowest BCUT2D eigenvalue weighted by Gasteiger charge is -2.13. The Labute approximate surface area is 144 Å². The highest BCUT2D eigenvalue weighted by Gasteiger charge is 2.21. The Bertz CT molecular complexity index is 1010. The fraction of sp³-hybridized carbons (Fsp3) is 0.158. The molecule has 128 valence electrons. The van der Waals surface area contributed by atoms with Gasteiger partial charge in [0.1, 0.15) is 17.1 Å². The Morgan fingerprint density at radius 2 is 1.96 bits per heavy atom. The van der Waals surface area contributed by atoms with Gasteiger partial charge in [0.25, 0.3) is 11.5 Å². The highest BCUT2D eigenvalue weighted by atomic mass is 16.5. The first kappa shape index (κ1) is 16.6. The predicted octanol–water partition coefficient (Wildman–Crippen LogP) is 2.99. The summed E-state index contributed by atoms with van der Waals surface area (Å²) in [5.41, 5.74) is 0.257. The summed E-state index contributed by atoms with van der Waals surface area (Å²) in [6, 6.07) is 13.7. The van der Waals surface area contributed by atoms with Gasteiger partial charge in [-0.2, -0.15) is 0 Å². The van der Waals surface area contributed by atoms with E-state index in [0.29, 0.717) is 28.9 Å². The SMILES string of the molecule is CCn1c(=O)c(C(=O)Nc2cccc(OC)c2)c(O)c2ccccc21. The van der Waals surface area contributed by atoms with Crippen molar-refractivity contribution in [2.45, 2.75) is 13.5 Å². The molecule has 0 fully saturated rings. The number of hydrogen-bond acceptors (Lipinski definition) is 4. The van der Waals surface area contributed by atoms with E-state index in [0.717, 1.165) is 0 Å². The number of rotatable bonds is 4. The Morgan fingerprint density at radius 3 is 2.68 bits per heavy atom. The van der Waals surface area contributed by atoms with Gasteiger partial charge in [-0.1, -0.05) is 18.2 Å². The van der Waals surface area contributed by atoms with Crippen LogP contribution in [0.5, 0.6) is 11.5 Å². The number of aromatic nitrogens is 1.